The molecule has 19 heavy (non-hydrogen) atoms. The van der Waals surface area contributed by atoms with E-state index in [9.17, 15) is 13.2 Å². The lowest BCUT2D eigenvalue weighted by atomic mass is 9.94. The Labute approximate surface area is 116 Å². The molecule has 0 aromatic carbocycles. The molecule has 1 saturated heterocycles. The molecule has 5 heteroatoms. The minimum atomic E-state index is -2.84. The molecule has 1 spiro atoms. The molecule has 110 valence electrons. The Hall–Kier alpha value is -0.580. The summed E-state index contributed by atoms with van der Waals surface area (Å²) in [4.78, 5) is 12.3. The second kappa shape index (κ2) is 4.76. The van der Waals surface area contributed by atoms with Gasteiger partial charge in [0.2, 0.25) is 5.91 Å². The van der Waals surface area contributed by atoms with Crippen LogP contribution in [0, 0.1) is 11.3 Å². The minimum Gasteiger partial charge on any atom is -0.351 e. The molecule has 2 fully saturated rings. The summed E-state index contributed by atoms with van der Waals surface area (Å²) in [5.41, 5.74) is -0.159. The van der Waals surface area contributed by atoms with E-state index in [1.54, 1.807) is 0 Å². The molecule has 0 radical (unpaired) electrons. The average molecular weight is 287 g/mol. The van der Waals surface area contributed by atoms with Crippen LogP contribution in [-0.4, -0.2) is 31.4 Å². The Morgan fingerprint density at radius 1 is 1.32 bits per heavy atom. The third-order valence-electron chi connectivity index (χ3n) is 4.66. The maximum atomic E-state index is 12.3. The van der Waals surface area contributed by atoms with Gasteiger partial charge in [0.15, 0.2) is 0 Å². The predicted molar refractivity (Wildman–Crippen MR) is 75.6 cm³/mol. The lowest BCUT2D eigenvalue weighted by molar-refractivity contribution is -0.124. The minimum absolute atomic E-state index is 0.00228. The van der Waals surface area contributed by atoms with Crippen LogP contribution >= 0.6 is 0 Å². The van der Waals surface area contributed by atoms with Crippen LogP contribution in [-0.2, 0) is 14.6 Å². The first-order chi connectivity index (χ1) is 8.70. The standard InChI is InChI=1S/C14H25NO3S/c1-4-5-13(2,3)15-12(16)11-10-14(11)6-8-19(17,18)9-7-14/h11H,4-10H2,1-3H3,(H,15,16). The summed E-state index contributed by atoms with van der Waals surface area (Å²) in [6.07, 6.45) is 4.22. The monoisotopic (exact) mass is 287 g/mol. The third-order valence-corrected chi connectivity index (χ3v) is 6.32. The summed E-state index contributed by atoms with van der Waals surface area (Å²) in [7, 11) is -2.84. The number of rotatable bonds is 4. The van der Waals surface area contributed by atoms with Crippen molar-refractivity contribution in [1.29, 1.82) is 0 Å². The molecular formula is C14H25NO3S. The zero-order valence-corrected chi connectivity index (χ0v) is 13.0. The molecule has 0 bridgehead atoms. The zero-order valence-electron chi connectivity index (χ0n) is 12.2. The van der Waals surface area contributed by atoms with Crippen molar-refractivity contribution in [2.45, 2.75) is 58.4 Å². The highest BCUT2D eigenvalue weighted by atomic mass is 32.2. The molecule has 1 unspecified atom stereocenters. The van der Waals surface area contributed by atoms with Crippen molar-refractivity contribution in [3.63, 3.8) is 0 Å². The molecule has 1 aliphatic carbocycles. The molecule has 2 rings (SSSR count). The highest BCUT2D eigenvalue weighted by Gasteiger charge is 2.59. The van der Waals surface area contributed by atoms with Crippen LogP contribution in [0.3, 0.4) is 0 Å². The van der Waals surface area contributed by atoms with Gasteiger partial charge in [0.05, 0.1) is 11.5 Å². The van der Waals surface area contributed by atoms with E-state index in [0.717, 1.165) is 19.3 Å². The first kappa shape index (κ1) is 14.8. The quantitative estimate of drug-likeness (QED) is 0.859. The topological polar surface area (TPSA) is 63.2 Å². The third kappa shape index (κ3) is 3.30. The number of carbonyl (C=O) groups excluding carboxylic acids is 1. The van der Waals surface area contributed by atoms with Crippen molar-refractivity contribution in [3.8, 4) is 0 Å². The van der Waals surface area contributed by atoms with Gasteiger partial charge in [-0.05, 0) is 44.9 Å². The Bertz CT molecular complexity index is 453. The number of amides is 1. The highest BCUT2D eigenvalue weighted by molar-refractivity contribution is 7.91. The van der Waals surface area contributed by atoms with Crippen LogP contribution in [0.25, 0.3) is 0 Å². The molecule has 1 atom stereocenters. The van der Waals surface area contributed by atoms with Gasteiger partial charge in [0, 0.05) is 11.5 Å². The van der Waals surface area contributed by atoms with Crippen molar-refractivity contribution in [2.75, 3.05) is 11.5 Å². The van der Waals surface area contributed by atoms with E-state index in [2.05, 4.69) is 26.1 Å². The molecule has 4 nitrogen and oxygen atoms in total. The smallest absolute Gasteiger partial charge is 0.224 e. The molecular weight excluding hydrogens is 262 g/mol. The Morgan fingerprint density at radius 2 is 1.89 bits per heavy atom. The number of nitrogens with one attached hydrogen (secondary N) is 1. The van der Waals surface area contributed by atoms with Crippen molar-refractivity contribution in [1.82, 2.24) is 5.32 Å². The predicted octanol–water partition coefficient (Wildman–Crippen LogP) is 1.90. The van der Waals surface area contributed by atoms with Crippen LogP contribution < -0.4 is 5.32 Å². The van der Waals surface area contributed by atoms with E-state index >= 15 is 0 Å². The summed E-state index contributed by atoms with van der Waals surface area (Å²) in [6, 6.07) is 0. The Morgan fingerprint density at radius 3 is 2.42 bits per heavy atom. The van der Waals surface area contributed by atoms with Gasteiger partial charge < -0.3 is 5.32 Å². The van der Waals surface area contributed by atoms with Crippen molar-refractivity contribution in [3.05, 3.63) is 0 Å². The lowest BCUT2D eigenvalue weighted by Crippen LogP contribution is -2.45. The van der Waals surface area contributed by atoms with E-state index in [0.29, 0.717) is 12.8 Å². The van der Waals surface area contributed by atoms with Crippen molar-refractivity contribution < 1.29 is 13.2 Å². The number of sulfone groups is 1. The van der Waals surface area contributed by atoms with Gasteiger partial charge in [0.1, 0.15) is 9.84 Å². The fourth-order valence-electron chi connectivity index (χ4n) is 3.32. The fourth-order valence-corrected chi connectivity index (χ4v) is 4.96. The molecule has 0 aromatic rings. The van der Waals surface area contributed by atoms with Gasteiger partial charge >= 0.3 is 0 Å². The summed E-state index contributed by atoms with van der Waals surface area (Å²) in [6.45, 7) is 6.21. The molecule has 1 aliphatic heterocycles. The SMILES string of the molecule is CCCC(C)(C)NC(=O)C1CC12CCS(=O)(=O)CC2. The van der Waals surface area contributed by atoms with Crippen molar-refractivity contribution in [2.24, 2.45) is 11.3 Å². The summed E-state index contributed by atoms with van der Waals surface area (Å²) >= 11 is 0. The lowest BCUT2D eigenvalue weighted by Gasteiger charge is -2.27. The van der Waals surface area contributed by atoms with Gasteiger partial charge in [-0.2, -0.15) is 0 Å². The van der Waals surface area contributed by atoms with E-state index in [1.807, 2.05) is 0 Å². The van der Waals surface area contributed by atoms with Crippen LogP contribution in [0.15, 0.2) is 0 Å². The number of carbonyl (C=O) groups is 1. The largest absolute Gasteiger partial charge is 0.351 e. The van der Waals surface area contributed by atoms with E-state index in [1.165, 1.54) is 0 Å². The van der Waals surface area contributed by atoms with E-state index in [4.69, 9.17) is 0 Å². The molecule has 1 saturated carbocycles. The van der Waals surface area contributed by atoms with Gasteiger partial charge in [-0.15, -0.1) is 0 Å². The first-order valence-electron chi connectivity index (χ1n) is 7.22. The Kier molecular flexibility index (Phi) is 3.71. The number of hydrogen-bond acceptors (Lipinski definition) is 3. The van der Waals surface area contributed by atoms with Crippen molar-refractivity contribution >= 4 is 15.7 Å². The maximum absolute atomic E-state index is 12.3. The van der Waals surface area contributed by atoms with Gasteiger partial charge in [-0.1, -0.05) is 13.3 Å². The summed E-state index contributed by atoms with van der Waals surface area (Å²) < 4.78 is 22.9. The molecule has 1 N–H and O–H groups in total. The summed E-state index contributed by atoms with van der Waals surface area (Å²) in [5, 5.41) is 3.12. The fraction of sp³-hybridized carbons (Fsp3) is 0.929. The maximum Gasteiger partial charge on any atom is 0.224 e. The molecule has 1 amide bonds. The van der Waals surface area contributed by atoms with Gasteiger partial charge in [-0.25, -0.2) is 8.42 Å². The van der Waals surface area contributed by atoms with Gasteiger partial charge in [-0.3, -0.25) is 4.79 Å². The molecule has 2 aliphatic rings. The molecule has 0 aromatic heterocycles. The second-order valence-electron chi connectivity index (χ2n) is 6.89. The number of hydrogen-bond donors (Lipinski definition) is 1. The zero-order chi connectivity index (χ0) is 14.3. The second-order valence-corrected chi connectivity index (χ2v) is 9.20. The van der Waals surface area contributed by atoms with Crippen LogP contribution in [0.2, 0.25) is 0 Å². The van der Waals surface area contributed by atoms with E-state index < -0.39 is 9.84 Å². The highest BCUT2D eigenvalue weighted by Crippen LogP contribution is 2.59. The summed E-state index contributed by atoms with van der Waals surface area (Å²) in [5.74, 6) is 0.682. The first-order valence-corrected chi connectivity index (χ1v) is 9.04. The van der Waals surface area contributed by atoms with Crippen LogP contribution in [0.5, 0.6) is 0 Å². The Balaban J connectivity index is 1.91. The van der Waals surface area contributed by atoms with Crippen LogP contribution in [0.4, 0.5) is 0 Å². The van der Waals surface area contributed by atoms with Gasteiger partial charge in [0.25, 0.3) is 0 Å². The average Bonchev–Trinajstić information content (AvgIpc) is 2.98. The molecule has 1 heterocycles. The van der Waals surface area contributed by atoms with E-state index in [-0.39, 0.29) is 34.3 Å². The van der Waals surface area contributed by atoms with Crippen LogP contribution in [0.1, 0.15) is 52.9 Å². The normalized spacial score (nSPS) is 28.1.